The standard InChI is InChI=1S/C17H21N5O/c1-21-6-4-14(5-7-21)22-11-20-16-8-12(13(9-18)10-19)2-3-15(16)17(22)23/h2-3,8-11,14,18H,4-7,19H2,1H3/b13-10+,18-9?. The van der Waals surface area contributed by atoms with Crippen LogP contribution in [0.25, 0.3) is 16.5 Å². The van der Waals surface area contributed by atoms with Crippen molar-refractivity contribution < 1.29 is 0 Å². The molecule has 0 spiro atoms. The number of hydrogen-bond acceptors (Lipinski definition) is 5. The first-order valence-corrected chi connectivity index (χ1v) is 7.76. The Morgan fingerprint density at radius 3 is 2.78 bits per heavy atom. The number of likely N-dealkylation sites (tertiary alicyclic amines) is 1. The van der Waals surface area contributed by atoms with E-state index in [-0.39, 0.29) is 11.6 Å². The average molecular weight is 311 g/mol. The molecule has 0 radical (unpaired) electrons. The summed E-state index contributed by atoms with van der Waals surface area (Å²) in [5.41, 5.74) is 7.55. The maximum Gasteiger partial charge on any atom is 0.261 e. The highest BCUT2D eigenvalue weighted by Crippen LogP contribution is 2.21. The number of nitrogens with zero attached hydrogens (tertiary/aromatic N) is 3. The summed E-state index contributed by atoms with van der Waals surface area (Å²) in [6.45, 7) is 2.00. The van der Waals surface area contributed by atoms with Gasteiger partial charge < -0.3 is 16.0 Å². The summed E-state index contributed by atoms with van der Waals surface area (Å²) < 4.78 is 1.77. The molecule has 0 aliphatic carbocycles. The highest BCUT2D eigenvalue weighted by atomic mass is 16.1. The van der Waals surface area contributed by atoms with E-state index in [0.29, 0.717) is 16.5 Å². The van der Waals surface area contributed by atoms with Crippen molar-refractivity contribution in [2.24, 2.45) is 5.73 Å². The van der Waals surface area contributed by atoms with Crippen LogP contribution in [0.15, 0.2) is 35.5 Å². The van der Waals surface area contributed by atoms with Crippen LogP contribution >= 0.6 is 0 Å². The molecule has 1 aromatic heterocycles. The largest absolute Gasteiger partial charge is 0.404 e. The van der Waals surface area contributed by atoms with Crippen LogP contribution in [0, 0.1) is 5.41 Å². The third-order valence-electron chi connectivity index (χ3n) is 4.53. The average Bonchev–Trinajstić information content (AvgIpc) is 2.57. The summed E-state index contributed by atoms with van der Waals surface area (Å²) in [5.74, 6) is 0. The van der Waals surface area contributed by atoms with Crippen molar-refractivity contribution in [3.8, 4) is 0 Å². The molecule has 1 aliphatic rings. The number of nitrogens with one attached hydrogen (secondary N) is 1. The maximum atomic E-state index is 12.8. The van der Waals surface area contributed by atoms with E-state index in [1.165, 1.54) is 12.4 Å². The fourth-order valence-corrected chi connectivity index (χ4v) is 3.08. The first-order chi connectivity index (χ1) is 11.1. The number of allylic oxidation sites excluding steroid dienone is 1. The molecule has 23 heavy (non-hydrogen) atoms. The van der Waals surface area contributed by atoms with E-state index in [9.17, 15) is 4.79 Å². The van der Waals surface area contributed by atoms with Crippen molar-refractivity contribution in [1.82, 2.24) is 14.5 Å². The number of piperidine rings is 1. The molecule has 1 aliphatic heterocycles. The Morgan fingerprint density at radius 1 is 1.39 bits per heavy atom. The molecule has 120 valence electrons. The zero-order chi connectivity index (χ0) is 16.4. The second-order valence-corrected chi connectivity index (χ2v) is 5.99. The predicted molar refractivity (Wildman–Crippen MR) is 92.7 cm³/mol. The SMILES string of the molecule is CN1CCC(n2cnc3cc(/C(C=N)=C/N)ccc3c2=O)CC1. The maximum absolute atomic E-state index is 12.8. The summed E-state index contributed by atoms with van der Waals surface area (Å²) in [5, 5.41) is 7.98. The van der Waals surface area contributed by atoms with Gasteiger partial charge in [0.2, 0.25) is 0 Å². The van der Waals surface area contributed by atoms with Crippen LogP contribution in [-0.4, -0.2) is 40.8 Å². The number of nitrogens with two attached hydrogens (primary N) is 1. The summed E-state index contributed by atoms with van der Waals surface area (Å²) in [7, 11) is 2.10. The lowest BCUT2D eigenvalue weighted by Gasteiger charge is -2.30. The van der Waals surface area contributed by atoms with Gasteiger partial charge in [0.15, 0.2) is 0 Å². The minimum Gasteiger partial charge on any atom is -0.404 e. The molecule has 0 amide bonds. The van der Waals surface area contributed by atoms with Gasteiger partial charge in [0, 0.05) is 24.0 Å². The molecule has 3 rings (SSSR count). The molecule has 3 N–H and O–H groups in total. The monoisotopic (exact) mass is 311 g/mol. The first-order valence-electron chi connectivity index (χ1n) is 7.76. The summed E-state index contributed by atoms with van der Waals surface area (Å²) >= 11 is 0. The van der Waals surface area contributed by atoms with Crippen LogP contribution in [0.3, 0.4) is 0 Å². The van der Waals surface area contributed by atoms with Crippen molar-refractivity contribution >= 4 is 22.7 Å². The van der Waals surface area contributed by atoms with Crippen molar-refractivity contribution in [3.63, 3.8) is 0 Å². The second-order valence-electron chi connectivity index (χ2n) is 5.99. The molecule has 0 unspecified atom stereocenters. The molecule has 1 aromatic carbocycles. The zero-order valence-electron chi connectivity index (χ0n) is 13.2. The highest BCUT2D eigenvalue weighted by Gasteiger charge is 2.20. The molecular formula is C17H21N5O. The molecule has 0 bridgehead atoms. The van der Waals surface area contributed by atoms with Gasteiger partial charge in [-0.05, 0) is 50.7 Å². The zero-order valence-corrected chi connectivity index (χ0v) is 13.2. The van der Waals surface area contributed by atoms with Gasteiger partial charge in [-0.2, -0.15) is 0 Å². The van der Waals surface area contributed by atoms with Gasteiger partial charge in [-0.1, -0.05) is 6.07 Å². The van der Waals surface area contributed by atoms with E-state index in [0.717, 1.165) is 31.5 Å². The Labute approximate surface area is 134 Å². The molecule has 0 saturated carbocycles. The Kier molecular flexibility index (Phi) is 4.25. The van der Waals surface area contributed by atoms with Crippen LogP contribution < -0.4 is 11.3 Å². The van der Waals surface area contributed by atoms with E-state index in [1.54, 1.807) is 23.0 Å². The van der Waals surface area contributed by atoms with Gasteiger partial charge >= 0.3 is 0 Å². The quantitative estimate of drug-likeness (QED) is 0.843. The number of fused-ring (bicyclic) bond motifs is 1. The molecule has 0 atom stereocenters. The van der Waals surface area contributed by atoms with Crippen LogP contribution in [-0.2, 0) is 0 Å². The molecule has 2 aromatic rings. The Balaban J connectivity index is 2.02. The first kappa shape index (κ1) is 15.4. The van der Waals surface area contributed by atoms with Gasteiger partial charge in [0.25, 0.3) is 5.56 Å². The van der Waals surface area contributed by atoms with E-state index in [1.807, 2.05) is 6.07 Å². The Morgan fingerprint density at radius 2 is 2.13 bits per heavy atom. The summed E-state index contributed by atoms with van der Waals surface area (Å²) in [4.78, 5) is 19.5. The number of benzene rings is 1. The lowest BCUT2D eigenvalue weighted by molar-refractivity contribution is 0.218. The number of aromatic nitrogens is 2. The Hall–Kier alpha value is -2.47. The third-order valence-corrected chi connectivity index (χ3v) is 4.53. The van der Waals surface area contributed by atoms with E-state index in [2.05, 4.69) is 16.9 Å². The topological polar surface area (TPSA) is 88.0 Å². The van der Waals surface area contributed by atoms with Gasteiger partial charge in [-0.25, -0.2) is 4.98 Å². The minimum absolute atomic E-state index is 0.00392. The lowest BCUT2D eigenvalue weighted by Crippen LogP contribution is -2.35. The smallest absolute Gasteiger partial charge is 0.261 e. The van der Waals surface area contributed by atoms with Crippen molar-refractivity contribution in [1.29, 1.82) is 5.41 Å². The van der Waals surface area contributed by atoms with Crippen LogP contribution in [0.1, 0.15) is 24.4 Å². The van der Waals surface area contributed by atoms with Crippen LogP contribution in [0.5, 0.6) is 0 Å². The molecular weight excluding hydrogens is 290 g/mol. The molecule has 1 fully saturated rings. The highest BCUT2D eigenvalue weighted by molar-refractivity contribution is 6.09. The van der Waals surface area contributed by atoms with Gasteiger partial charge in [0.05, 0.1) is 17.2 Å². The van der Waals surface area contributed by atoms with Crippen molar-refractivity contribution in [3.05, 3.63) is 46.6 Å². The van der Waals surface area contributed by atoms with Crippen LogP contribution in [0.4, 0.5) is 0 Å². The van der Waals surface area contributed by atoms with E-state index < -0.39 is 0 Å². The van der Waals surface area contributed by atoms with Gasteiger partial charge in [-0.3, -0.25) is 9.36 Å². The van der Waals surface area contributed by atoms with Gasteiger partial charge in [-0.15, -0.1) is 0 Å². The fraction of sp³-hybridized carbons (Fsp3) is 0.353. The van der Waals surface area contributed by atoms with Gasteiger partial charge in [0.1, 0.15) is 0 Å². The van der Waals surface area contributed by atoms with Crippen molar-refractivity contribution in [2.45, 2.75) is 18.9 Å². The number of rotatable bonds is 3. The normalized spacial score (nSPS) is 17.5. The second kappa shape index (κ2) is 6.34. The fourth-order valence-electron chi connectivity index (χ4n) is 3.08. The molecule has 6 heteroatoms. The lowest BCUT2D eigenvalue weighted by atomic mass is 10.0. The van der Waals surface area contributed by atoms with E-state index >= 15 is 0 Å². The molecule has 1 saturated heterocycles. The Bertz CT molecular complexity index is 815. The third kappa shape index (κ3) is 2.90. The number of hydrogen-bond donors (Lipinski definition) is 2. The summed E-state index contributed by atoms with van der Waals surface area (Å²) in [6, 6.07) is 5.61. The predicted octanol–water partition coefficient (Wildman–Crippen LogP) is 1.61. The van der Waals surface area contributed by atoms with E-state index in [4.69, 9.17) is 11.1 Å². The summed E-state index contributed by atoms with van der Waals surface area (Å²) in [6.07, 6.45) is 6.17. The molecule has 6 nitrogen and oxygen atoms in total. The van der Waals surface area contributed by atoms with Crippen molar-refractivity contribution in [2.75, 3.05) is 20.1 Å². The minimum atomic E-state index is 0.00392. The van der Waals surface area contributed by atoms with Crippen LogP contribution in [0.2, 0.25) is 0 Å². The molecule has 2 heterocycles.